The van der Waals surface area contributed by atoms with Crippen LogP contribution in [0.2, 0.25) is 0 Å². The summed E-state index contributed by atoms with van der Waals surface area (Å²) in [4.78, 5) is 0. The van der Waals surface area contributed by atoms with E-state index in [1.54, 1.807) is 0 Å². The van der Waals surface area contributed by atoms with Gasteiger partial charge in [0.15, 0.2) is 0 Å². The molecule has 2 heteroatoms. The Hall–Kier alpha value is -0.0800. The van der Waals surface area contributed by atoms with Crippen molar-refractivity contribution in [2.45, 2.75) is 26.2 Å². The second-order valence-corrected chi connectivity index (χ2v) is 3.40. The second kappa shape index (κ2) is 5.56. The lowest BCUT2D eigenvalue weighted by atomic mass is 9.88. The van der Waals surface area contributed by atoms with Gasteiger partial charge in [-0.05, 0) is 5.92 Å². The normalized spacial score (nSPS) is 24.8. The maximum atomic E-state index is 5.01. The average molecular weight is 157 g/mol. The van der Waals surface area contributed by atoms with Gasteiger partial charge in [-0.3, -0.25) is 0 Å². The summed E-state index contributed by atoms with van der Waals surface area (Å²) in [5.41, 5.74) is 0. The summed E-state index contributed by atoms with van der Waals surface area (Å²) in [7, 11) is 0. The Kier molecular flexibility index (Phi) is 4.55. The first-order valence-corrected chi connectivity index (χ1v) is 4.68. The van der Waals surface area contributed by atoms with Crippen LogP contribution in [0.15, 0.2) is 0 Å². The van der Waals surface area contributed by atoms with Crippen LogP contribution in [-0.2, 0) is 4.74 Å². The molecular weight excluding hydrogens is 138 g/mol. The Morgan fingerprint density at radius 3 is 1.82 bits per heavy atom. The molecule has 1 aliphatic heterocycles. The van der Waals surface area contributed by atoms with Crippen LogP contribution in [0.1, 0.15) is 26.2 Å². The highest BCUT2D eigenvalue weighted by atomic mass is 16.5. The van der Waals surface area contributed by atoms with Crippen molar-refractivity contribution in [3.63, 3.8) is 0 Å². The molecule has 1 saturated carbocycles. The lowest BCUT2D eigenvalue weighted by molar-refractivity contribution is 0.109. The largest absolute Gasteiger partial charge is 0.379 e. The predicted molar refractivity (Wildman–Crippen MR) is 46.7 cm³/mol. The molecule has 11 heavy (non-hydrogen) atoms. The molecule has 0 aromatic carbocycles. The third-order valence-electron chi connectivity index (χ3n) is 2.24. The van der Waals surface area contributed by atoms with Crippen LogP contribution in [0.25, 0.3) is 0 Å². The first-order valence-electron chi connectivity index (χ1n) is 4.68. The quantitative estimate of drug-likeness (QED) is 0.574. The standard InChI is InChI=1S/C5H10.C4H9NO/c1-5-3-2-4-5;1-3-6-4-2-5-1/h5H,2-4H2,1H3;5H,1-4H2. The minimum Gasteiger partial charge on any atom is -0.379 e. The number of rotatable bonds is 0. The summed E-state index contributed by atoms with van der Waals surface area (Å²) in [5, 5.41) is 3.16. The van der Waals surface area contributed by atoms with Gasteiger partial charge in [-0.1, -0.05) is 26.2 Å². The SMILES string of the molecule is C1COCCN1.CC1CCC1. The highest BCUT2D eigenvalue weighted by Gasteiger charge is 2.09. The van der Waals surface area contributed by atoms with E-state index in [9.17, 15) is 0 Å². The summed E-state index contributed by atoms with van der Waals surface area (Å²) in [6.07, 6.45) is 4.46. The van der Waals surface area contributed by atoms with E-state index < -0.39 is 0 Å². The van der Waals surface area contributed by atoms with Crippen LogP contribution < -0.4 is 5.32 Å². The Labute approximate surface area is 69.3 Å². The summed E-state index contributed by atoms with van der Waals surface area (Å²) >= 11 is 0. The van der Waals surface area contributed by atoms with E-state index in [1.165, 1.54) is 19.3 Å². The summed E-state index contributed by atoms with van der Waals surface area (Å²) in [5.74, 6) is 1.06. The van der Waals surface area contributed by atoms with Crippen molar-refractivity contribution in [2.24, 2.45) is 5.92 Å². The van der Waals surface area contributed by atoms with E-state index >= 15 is 0 Å². The molecule has 0 radical (unpaired) electrons. The molecule has 66 valence electrons. The van der Waals surface area contributed by atoms with Gasteiger partial charge in [-0.2, -0.15) is 0 Å². The fraction of sp³-hybridized carbons (Fsp3) is 1.00. The molecule has 0 bridgehead atoms. The first-order chi connectivity index (χ1) is 5.39. The van der Waals surface area contributed by atoms with E-state index in [4.69, 9.17) is 4.74 Å². The number of morpholine rings is 1. The van der Waals surface area contributed by atoms with Crippen molar-refractivity contribution >= 4 is 0 Å². The molecule has 1 saturated heterocycles. The van der Waals surface area contributed by atoms with Gasteiger partial charge in [0.1, 0.15) is 0 Å². The fourth-order valence-corrected chi connectivity index (χ4v) is 1.13. The van der Waals surface area contributed by atoms with E-state index in [1.807, 2.05) is 0 Å². The zero-order chi connectivity index (χ0) is 7.94. The minimum atomic E-state index is 0.889. The summed E-state index contributed by atoms with van der Waals surface area (Å²) in [6, 6.07) is 0. The van der Waals surface area contributed by atoms with E-state index in [2.05, 4.69) is 12.2 Å². The predicted octanol–water partition coefficient (Wildman–Crippen LogP) is 1.41. The number of hydrogen-bond acceptors (Lipinski definition) is 2. The van der Waals surface area contributed by atoms with E-state index in [0.29, 0.717) is 0 Å². The molecule has 2 aliphatic rings. The highest BCUT2D eigenvalue weighted by molar-refractivity contribution is 4.62. The van der Waals surface area contributed by atoms with Crippen LogP contribution >= 0.6 is 0 Å². The lowest BCUT2D eigenvalue weighted by Crippen LogP contribution is -2.30. The minimum absolute atomic E-state index is 0.889. The highest BCUT2D eigenvalue weighted by Crippen LogP contribution is 2.24. The number of nitrogens with one attached hydrogen (secondary N) is 1. The van der Waals surface area contributed by atoms with E-state index in [0.717, 1.165) is 32.2 Å². The van der Waals surface area contributed by atoms with Crippen LogP contribution in [0.5, 0.6) is 0 Å². The molecular formula is C9H19NO. The smallest absolute Gasteiger partial charge is 0.0591 e. The zero-order valence-electron chi connectivity index (χ0n) is 7.44. The molecule has 0 spiro atoms. The van der Waals surface area contributed by atoms with Gasteiger partial charge >= 0.3 is 0 Å². The maximum Gasteiger partial charge on any atom is 0.0591 e. The molecule has 0 unspecified atom stereocenters. The summed E-state index contributed by atoms with van der Waals surface area (Å²) in [6.45, 7) is 6.14. The lowest BCUT2D eigenvalue weighted by Gasteiger charge is -2.18. The maximum absolute atomic E-state index is 5.01. The Bertz CT molecular complexity index is 76.1. The van der Waals surface area contributed by atoms with Crippen molar-refractivity contribution in [1.82, 2.24) is 5.32 Å². The van der Waals surface area contributed by atoms with E-state index in [-0.39, 0.29) is 0 Å². The number of hydrogen-bond donors (Lipinski definition) is 1. The van der Waals surface area contributed by atoms with Crippen molar-refractivity contribution in [2.75, 3.05) is 26.3 Å². The molecule has 0 atom stereocenters. The molecule has 1 N–H and O–H groups in total. The third-order valence-corrected chi connectivity index (χ3v) is 2.24. The molecule has 2 nitrogen and oxygen atoms in total. The van der Waals surface area contributed by atoms with Crippen LogP contribution in [-0.4, -0.2) is 26.3 Å². The topological polar surface area (TPSA) is 21.3 Å². The van der Waals surface area contributed by atoms with Crippen molar-refractivity contribution in [1.29, 1.82) is 0 Å². The third kappa shape index (κ3) is 4.38. The molecule has 0 amide bonds. The molecule has 0 aromatic rings. The second-order valence-electron chi connectivity index (χ2n) is 3.40. The van der Waals surface area contributed by atoms with Crippen molar-refractivity contribution in [3.05, 3.63) is 0 Å². The van der Waals surface area contributed by atoms with Gasteiger partial charge in [-0.15, -0.1) is 0 Å². The van der Waals surface area contributed by atoms with Gasteiger partial charge < -0.3 is 10.1 Å². The van der Waals surface area contributed by atoms with Gasteiger partial charge in [0.2, 0.25) is 0 Å². The molecule has 2 fully saturated rings. The van der Waals surface area contributed by atoms with Crippen LogP contribution in [0.3, 0.4) is 0 Å². The first kappa shape index (κ1) is 9.01. The van der Waals surface area contributed by atoms with Crippen molar-refractivity contribution < 1.29 is 4.74 Å². The molecule has 1 aliphatic carbocycles. The number of ether oxygens (including phenoxy) is 1. The summed E-state index contributed by atoms with van der Waals surface area (Å²) < 4.78 is 5.01. The Morgan fingerprint density at radius 2 is 1.73 bits per heavy atom. The van der Waals surface area contributed by atoms with Crippen LogP contribution in [0.4, 0.5) is 0 Å². The van der Waals surface area contributed by atoms with Gasteiger partial charge in [0, 0.05) is 13.1 Å². The average Bonchev–Trinajstić information content (AvgIpc) is 2.05. The Balaban J connectivity index is 0.000000112. The Morgan fingerprint density at radius 1 is 1.18 bits per heavy atom. The van der Waals surface area contributed by atoms with Gasteiger partial charge in [-0.25, -0.2) is 0 Å². The molecule has 0 aromatic heterocycles. The zero-order valence-corrected chi connectivity index (χ0v) is 7.44. The van der Waals surface area contributed by atoms with Crippen LogP contribution in [0, 0.1) is 5.92 Å². The van der Waals surface area contributed by atoms with Crippen molar-refractivity contribution in [3.8, 4) is 0 Å². The monoisotopic (exact) mass is 157 g/mol. The van der Waals surface area contributed by atoms with Gasteiger partial charge in [0.25, 0.3) is 0 Å². The molecule has 2 rings (SSSR count). The molecule has 1 heterocycles. The van der Waals surface area contributed by atoms with Gasteiger partial charge in [0.05, 0.1) is 13.2 Å². The fourth-order valence-electron chi connectivity index (χ4n) is 1.13.